The zero-order chi connectivity index (χ0) is 19.8. The van der Waals surface area contributed by atoms with Gasteiger partial charge < -0.3 is 19.5 Å². The van der Waals surface area contributed by atoms with Crippen molar-refractivity contribution in [3.63, 3.8) is 0 Å². The monoisotopic (exact) mass is 385 g/mol. The number of benzene rings is 1. The molecule has 1 heterocycles. The molecule has 1 aliphatic carbocycles. The standard InChI is InChI=1S/C21H27N3O4/c1-26-17-8-3-15(4-9-17)5-12-19(25)23-16-6-10-18(11-7-16)28-21-14-22-13-20(24-21)27-2/h3-4,8-9,13-14,16,18H,5-7,10-12H2,1-2H3,(H,23,25). The molecule has 0 bridgehead atoms. The maximum atomic E-state index is 12.3. The molecule has 3 rings (SSSR count). The molecule has 1 aliphatic rings. The fourth-order valence-electron chi connectivity index (χ4n) is 3.33. The van der Waals surface area contributed by atoms with Gasteiger partial charge in [-0.05, 0) is 49.8 Å². The average molecular weight is 385 g/mol. The zero-order valence-corrected chi connectivity index (χ0v) is 16.4. The highest BCUT2D eigenvalue weighted by molar-refractivity contribution is 5.76. The van der Waals surface area contributed by atoms with Crippen LogP contribution < -0.4 is 19.5 Å². The van der Waals surface area contributed by atoms with Crippen LogP contribution in [0.15, 0.2) is 36.7 Å². The van der Waals surface area contributed by atoms with Crippen molar-refractivity contribution < 1.29 is 19.0 Å². The third kappa shape index (κ3) is 5.84. The van der Waals surface area contributed by atoms with Gasteiger partial charge in [-0.1, -0.05) is 12.1 Å². The number of carbonyl (C=O) groups excluding carboxylic acids is 1. The topological polar surface area (TPSA) is 82.6 Å². The fraction of sp³-hybridized carbons (Fsp3) is 0.476. The van der Waals surface area contributed by atoms with Crippen LogP contribution in [0.5, 0.6) is 17.5 Å². The molecule has 7 nitrogen and oxygen atoms in total. The quantitative estimate of drug-likeness (QED) is 0.752. The van der Waals surface area contributed by atoms with Crippen LogP contribution in [0, 0.1) is 0 Å². The first kappa shape index (κ1) is 19.9. The summed E-state index contributed by atoms with van der Waals surface area (Å²) in [6.07, 6.45) is 8.00. The Bertz CT molecular complexity index is 759. The van der Waals surface area contributed by atoms with Crippen LogP contribution in [0.25, 0.3) is 0 Å². The molecular formula is C21H27N3O4. The Hall–Kier alpha value is -2.83. The fourth-order valence-corrected chi connectivity index (χ4v) is 3.33. The summed E-state index contributed by atoms with van der Waals surface area (Å²) in [7, 11) is 3.20. The number of carbonyl (C=O) groups is 1. The lowest BCUT2D eigenvalue weighted by Gasteiger charge is -2.29. The minimum absolute atomic E-state index is 0.0915. The number of rotatable bonds is 8. The van der Waals surface area contributed by atoms with E-state index in [4.69, 9.17) is 14.2 Å². The van der Waals surface area contributed by atoms with Crippen molar-refractivity contribution in [3.8, 4) is 17.5 Å². The lowest BCUT2D eigenvalue weighted by molar-refractivity contribution is -0.122. The van der Waals surface area contributed by atoms with E-state index in [1.54, 1.807) is 26.6 Å². The van der Waals surface area contributed by atoms with E-state index in [9.17, 15) is 4.79 Å². The van der Waals surface area contributed by atoms with Crippen LogP contribution in [0.2, 0.25) is 0 Å². The van der Waals surface area contributed by atoms with Crippen LogP contribution in [-0.4, -0.2) is 42.2 Å². The third-order valence-electron chi connectivity index (χ3n) is 4.93. The Morgan fingerprint density at radius 3 is 2.43 bits per heavy atom. The predicted octanol–water partition coefficient (Wildman–Crippen LogP) is 2.93. The van der Waals surface area contributed by atoms with Gasteiger partial charge in [0.15, 0.2) is 0 Å². The lowest BCUT2D eigenvalue weighted by atomic mass is 9.92. The second kappa shape index (κ2) is 9.92. The Kier molecular flexibility index (Phi) is 7.06. The van der Waals surface area contributed by atoms with Crippen molar-refractivity contribution in [2.75, 3.05) is 14.2 Å². The smallest absolute Gasteiger partial charge is 0.235 e. The highest BCUT2D eigenvalue weighted by Gasteiger charge is 2.24. The Labute approximate surface area is 165 Å². The van der Waals surface area contributed by atoms with Gasteiger partial charge in [-0.2, -0.15) is 4.98 Å². The normalized spacial score (nSPS) is 18.9. The second-order valence-electron chi connectivity index (χ2n) is 6.91. The molecule has 150 valence electrons. The Morgan fingerprint density at radius 1 is 1.04 bits per heavy atom. The van der Waals surface area contributed by atoms with Gasteiger partial charge in [0.2, 0.25) is 17.7 Å². The van der Waals surface area contributed by atoms with Crippen molar-refractivity contribution in [2.45, 2.75) is 50.7 Å². The third-order valence-corrected chi connectivity index (χ3v) is 4.93. The van der Waals surface area contributed by atoms with E-state index in [-0.39, 0.29) is 18.1 Å². The minimum atomic E-state index is 0.0915. The molecule has 28 heavy (non-hydrogen) atoms. The van der Waals surface area contributed by atoms with E-state index >= 15 is 0 Å². The van der Waals surface area contributed by atoms with Crippen molar-refractivity contribution in [1.82, 2.24) is 15.3 Å². The summed E-state index contributed by atoms with van der Waals surface area (Å²) in [6.45, 7) is 0. The molecule has 0 atom stereocenters. The number of hydrogen-bond donors (Lipinski definition) is 1. The summed E-state index contributed by atoms with van der Waals surface area (Å²) in [5.41, 5.74) is 1.13. The minimum Gasteiger partial charge on any atom is -0.497 e. The number of amides is 1. The maximum Gasteiger partial charge on any atom is 0.235 e. The first-order valence-electron chi connectivity index (χ1n) is 9.61. The first-order chi connectivity index (χ1) is 13.7. The zero-order valence-electron chi connectivity index (χ0n) is 16.4. The molecule has 0 unspecified atom stereocenters. The second-order valence-corrected chi connectivity index (χ2v) is 6.91. The summed E-state index contributed by atoms with van der Waals surface area (Å²) in [5, 5.41) is 3.15. The molecule has 1 saturated carbocycles. The maximum absolute atomic E-state index is 12.3. The molecular weight excluding hydrogens is 358 g/mol. The Morgan fingerprint density at radius 2 is 1.75 bits per heavy atom. The summed E-state index contributed by atoms with van der Waals surface area (Å²) < 4.78 is 16.1. The first-order valence-corrected chi connectivity index (χ1v) is 9.61. The van der Waals surface area contributed by atoms with E-state index in [0.717, 1.165) is 43.4 Å². The number of aryl methyl sites for hydroxylation is 1. The molecule has 0 saturated heterocycles. The summed E-state index contributed by atoms with van der Waals surface area (Å²) in [6, 6.07) is 8.04. The average Bonchev–Trinajstić information content (AvgIpc) is 2.74. The van der Waals surface area contributed by atoms with Crippen molar-refractivity contribution in [2.24, 2.45) is 0 Å². The van der Waals surface area contributed by atoms with Gasteiger partial charge in [0, 0.05) is 12.5 Å². The summed E-state index contributed by atoms with van der Waals surface area (Å²) >= 11 is 0. The van der Waals surface area contributed by atoms with Crippen molar-refractivity contribution in [3.05, 3.63) is 42.2 Å². The number of nitrogens with one attached hydrogen (secondary N) is 1. The molecule has 0 aliphatic heterocycles. The van der Waals surface area contributed by atoms with Crippen molar-refractivity contribution in [1.29, 1.82) is 0 Å². The van der Waals surface area contributed by atoms with Gasteiger partial charge in [0.05, 0.1) is 26.6 Å². The highest BCUT2D eigenvalue weighted by atomic mass is 16.5. The van der Waals surface area contributed by atoms with Crippen molar-refractivity contribution >= 4 is 5.91 Å². The number of methoxy groups -OCH3 is 2. The predicted molar refractivity (Wildman–Crippen MR) is 105 cm³/mol. The molecule has 7 heteroatoms. The van der Waals surface area contributed by atoms with Gasteiger partial charge >= 0.3 is 0 Å². The van der Waals surface area contributed by atoms with E-state index in [1.807, 2.05) is 24.3 Å². The van der Waals surface area contributed by atoms with Gasteiger partial charge in [-0.15, -0.1) is 0 Å². The lowest BCUT2D eigenvalue weighted by Crippen LogP contribution is -2.39. The summed E-state index contributed by atoms with van der Waals surface area (Å²) in [5.74, 6) is 1.84. The highest BCUT2D eigenvalue weighted by Crippen LogP contribution is 2.23. The van der Waals surface area contributed by atoms with Crippen LogP contribution in [0.1, 0.15) is 37.7 Å². The summed E-state index contributed by atoms with van der Waals surface area (Å²) in [4.78, 5) is 20.5. The van der Waals surface area contributed by atoms with Crippen LogP contribution >= 0.6 is 0 Å². The van der Waals surface area contributed by atoms with E-state index in [1.165, 1.54) is 0 Å². The van der Waals surface area contributed by atoms with E-state index in [0.29, 0.717) is 18.2 Å². The van der Waals surface area contributed by atoms with E-state index in [2.05, 4.69) is 15.3 Å². The van der Waals surface area contributed by atoms with Gasteiger partial charge in [-0.25, -0.2) is 0 Å². The SMILES string of the molecule is COc1ccc(CCC(=O)NC2CCC(Oc3cncc(OC)n3)CC2)cc1. The molecule has 1 aromatic heterocycles. The molecule has 0 radical (unpaired) electrons. The van der Waals surface area contributed by atoms with Crippen LogP contribution in [0.3, 0.4) is 0 Å². The number of hydrogen-bond acceptors (Lipinski definition) is 6. The molecule has 2 aromatic rings. The van der Waals surface area contributed by atoms with Gasteiger partial charge in [0.1, 0.15) is 11.9 Å². The molecule has 1 N–H and O–H groups in total. The van der Waals surface area contributed by atoms with Gasteiger partial charge in [0.25, 0.3) is 0 Å². The largest absolute Gasteiger partial charge is 0.497 e. The van der Waals surface area contributed by atoms with Gasteiger partial charge in [-0.3, -0.25) is 9.78 Å². The molecule has 1 fully saturated rings. The van der Waals surface area contributed by atoms with E-state index < -0.39 is 0 Å². The van der Waals surface area contributed by atoms with Crippen LogP contribution in [-0.2, 0) is 11.2 Å². The number of aromatic nitrogens is 2. The molecule has 1 amide bonds. The number of nitrogens with zero attached hydrogens (tertiary/aromatic N) is 2. The molecule has 0 spiro atoms. The van der Waals surface area contributed by atoms with Crippen LogP contribution in [0.4, 0.5) is 0 Å². The number of ether oxygens (including phenoxy) is 3. The Balaban J connectivity index is 1.37. The molecule has 1 aromatic carbocycles.